The summed E-state index contributed by atoms with van der Waals surface area (Å²) in [6.45, 7) is 1.02. The summed E-state index contributed by atoms with van der Waals surface area (Å²) in [5, 5.41) is 11.7. The maximum absolute atomic E-state index is 6.05. The molecule has 2 unspecified atom stereocenters. The summed E-state index contributed by atoms with van der Waals surface area (Å²) >= 11 is 0. The van der Waals surface area contributed by atoms with Crippen molar-refractivity contribution >= 4 is 17.4 Å². The molecule has 5 rings (SSSR count). The topological polar surface area (TPSA) is 119 Å². The number of aromatic nitrogens is 5. The Morgan fingerprint density at radius 3 is 2.93 bits per heavy atom. The van der Waals surface area contributed by atoms with Crippen LogP contribution in [-0.2, 0) is 6.42 Å². The van der Waals surface area contributed by atoms with Crippen LogP contribution in [-0.4, -0.2) is 43.2 Å². The van der Waals surface area contributed by atoms with Crippen molar-refractivity contribution in [3.63, 3.8) is 0 Å². The summed E-state index contributed by atoms with van der Waals surface area (Å²) in [5.41, 5.74) is 7.88. The van der Waals surface area contributed by atoms with E-state index in [9.17, 15) is 0 Å². The number of nitrogens with one attached hydrogen (secondary N) is 2. The lowest BCUT2D eigenvalue weighted by Gasteiger charge is -2.25. The molecule has 0 radical (unpaired) electrons. The van der Waals surface area contributed by atoms with Crippen LogP contribution in [0.2, 0.25) is 0 Å². The largest absolute Gasteiger partial charge is 0.461 e. The maximum Gasteiger partial charge on any atom is 0.228 e. The van der Waals surface area contributed by atoms with Crippen LogP contribution in [0.5, 0.6) is 0 Å². The Labute approximate surface area is 167 Å². The number of rotatable bonds is 6. The van der Waals surface area contributed by atoms with Crippen LogP contribution in [0.1, 0.15) is 18.4 Å². The SMILES string of the molecule is Nc1cc2nc(-c3ccco3)nn2c(NC(Cc2ccncc2)C2CCCN2)n1. The fourth-order valence-corrected chi connectivity index (χ4v) is 3.80. The third-order valence-corrected chi connectivity index (χ3v) is 5.19. The number of nitrogens with zero attached hydrogens (tertiary/aromatic N) is 5. The molecule has 0 aliphatic carbocycles. The van der Waals surface area contributed by atoms with Crippen molar-refractivity contribution in [3.05, 3.63) is 54.6 Å². The predicted molar refractivity (Wildman–Crippen MR) is 109 cm³/mol. The molecule has 0 amide bonds. The van der Waals surface area contributed by atoms with Crippen LogP contribution in [0.3, 0.4) is 0 Å². The Morgan fingerprint density at radius 1 is 1.28 bits per heavy atom. The van der Waals surface area contributed by atoms with E-state index >= 15 is 0 Å². The van der Waals surface area contributed by atoms with Gasteiger partial charge in [0.25, 0.3) is 0 Å². The van der Waals surface area contributed by atoms with Gasteiger partial charge in [0.15, 0.2) is 11.4 Å². The van der Waals surface area contributed by atoms with Gasteiger partial charge in [-0.15, -0.1) is 5.10 Å². The summed E-state index contributed by atoms with van der Waals surface area (Å²) in [4.78, 5) is 13.2. The van der Waals surface area contributed by atoms with Crippen LogP contribution < -0.4 is 16.4 Å². The lowest BCUT2D eigenvalue weighted by Crippen LogP contribution is -2.42. The van der Waals surface area contributed by atoms with Gasteiger partial charge in [0, 0.05) is 30.5 Å². The highest BCUT2D eigenvalue weighted by Gasteiger charge is 2.26. The minimum atomic E-state index is 0.119. The van der Waals surface area contributed by atoms with Crippen LogP contribution in [0.4, 0.5) is 11.8 Å². The van der Waals surface area contributed by atoms with Gasteiger partial charge < -0.3 is 20.8 Å². The summed E-state index contributed by atoms with van der Waals surface area (Å²) in [7, 11) is 0. The first-order valence-corrected chi connectivity index (χ1v) is 9.72. The zero-order valence-electron chi connectivity index (χ0n) is 15.8. The van der Waals surface area contributed by atoms with Crippen molar-refractivity contribution in [2.75, 3.05) is 17.6 Å². The Morgan fingerprint density at radius 2 is 2.17 bits per heavy atom. The third kappa shape index (κ3) is 3.64. The van der Waals surface area contributed by atoms with E-state index in [1.807, 2.05) is 36.7 Å². The number of furan rings is 1. The Hall–Kier alpha value is -3.46. The maximum atomic E-state index is 6.05. The van der Waals surface area contributed by atoms with Crippen LogP contribution in [0, 0.1) is 0 Å². The summed E-state index contributed by atoms with van der Waals surface area (Å²) in [6, 6.07) is 9.86. The molecule has 1 saturated heterocycles. The second kappa shape index (κ2) is 7.51. The van der Waals surface area contributed by atoms with E-state index in [-0.39, 0.29) is 6.04 Å². The van der Waals surface area contributed by atoms with E-state index < -0.39 is 0 Å². The lowest BCUT2D eigenvalue weighted by atomic mass is 9.99. The average Bonchev–Trinajstić information content (AvgIpc) is 3.48. The molecule has 9 nitrogen and oxygen atoms in total. The summed E-state index contributed by atoms with van der Waals surface area (Å²) < 4.78 is 7.12. The molecule has 0 spiro atoms. The molecule has 1 fully saturated rings. The van der Waals surface area contributed by atoms with Gasteiger partial charge in [0.2, 0.25) is 11.8 Å². The summed E-state index contributed by atoms with van der Waals surface area (Å²) in [6.07, 6.45) is 8.33. The molecule has 4 aromatic heterocycles. The highest BCUT2D eigenvalue weighted by Crippen LogP contribution is 2.22. The molecular weight excluding hydrogens is 368 g/mol. The second-order valence-electron chi connectivity index (χ2n) is 7.20. The Kier molecular flexibility index (Phi) is 4.57. The van der Waals surface area contributed by atoms with Gasteiger partial charge in [-0.3, -0.25) is 4.98 Å². The first kappa shape index (κ1) is 17.6. The smallest absolute Gasteiger partial charge is 0.228 e. The molecule has 2 atom stereocenters. The molecule has 0 saturated carbocycles. The molecule has 1 aliphatic heterocycles. The predicted octanol–water partition coefficient (Wildman–Crippen LogP) is 2.14. The highest BCUT2D eigenvalue weighted by atomic mass is 16.3. The zero-order chi connectivity index (χ0) is 19.6. The van der Waals surface area contributed by atoms with E-state index in [0.717, 1.165) is 25.8 Å². The monoisotopic (exact) mass is 390 g/mol. The zero-order valence-corrected chi connectivity index (χ0v) is 15.8. The molecular formula is C20H22N8O. The fraction of sp³-hybridized carbons (Fsp3) is 0.300. The van der Waals surface area contributed by atoms with Crippen molar-refractivity contribution in [3.8, 4) is 11.6 Å². The van der Waals surface area contributed by atoms with Crippen molar-refractivity contribution in [1.29, 1.82) is 0 Å². The van der Waals surface area contributed by atoms with Gasteiger partial charge in [-0.25, -0.2) is 4.98 Å². The first-order valence-electron chi connectivity index (χ1n) is 9.72. The minimum Gasteiger partial charge on any atom is -0.461 e. The van der Waals surface area contributed by atoms with E-state index in [4.69, 9.17) is 10.2 Å². The molecule has 0 aromatic carbocycles. The molecule has 29 heavy (non-hydrogen) atoms. The van der Waals surface area contributed by atoms with Crippen molar-refractivity contribution in [1.82, 2.24) is 29.9 Å². The van der Waals surface area contributed by atoms with Gasteiger partial charge >= 0.3 is 0 Å². The number of nitrogens with two attached hydrogens (primary N) is 1. The van der Waals surface area contributed by atoms with Crippen LogP contribution in [0.25, 0.3) is 17.2 Å². The van der Waals surface area contributed by atoms with Gasteiger partial charge in [-0.05, 0) is 55.6 Å². The van der Waals surface area contributed by atoms with Gasteiger partial charge in [0.05, 0.1) is 6.26 Å². The molecule has 9 heteroatoms. The molecule has 0 bridgehead atoms. The van der Waals surface area contributed by atoms with Gasteiger partial charge in [0.1, 0.15) is 5.82 Å². The standard InChI is InChI=1S/C20H22N8O/c21-17-12-18-26-19(16-4-2-10-29-16)27-28(18)20(25-17)24-15(14-3-1-7-23-14)11-13-5-8-22-9-6-13/h2,4-6,8-10,12,14-15,23H,1,3,7,11,21H2,(H,24,25). The van der Waals surface area contributed by atoms with Crippen LogP contribution in [0.15, 0.2) is 53.4 Å². The van der Waals surface area contributed by atoms with E-state index in [1.54, 1.807) is 16.8 Å². The average molecular weight is 390 g/mol. The number of anilines is 2. The van der Waals surface area contributed by atoms with Crippen molar-refractivity contribution < 1.29 is 4.42 Å². The summed E-state index contributed by atoms with van der Waals surface area (Å²) in [5.74, 6) is 2.05. The molecule has 4 N–H and O–H groups in total. The number of hydrogen-bond donors (Lipinski definition) is 3. The Bertz CT molecular complexity index is 1090. The minimum absolute atomic E-state index is 0.119. The number of fused-ring (bicyclic) bond motifs is 1. The fourth-order valence-electron chi connectivity index (χ4n) is 3.80. The number of pyridine rings is 1. The van der Waals surface area contributed by atoms with E-state index in [2.05, 4.69) is 30.7 Å². The molecule has 1 aliphatic rings. The quantitative estimate of drug-likeness (QED) is 0.458. The van der Waals surface area contributed by atoms with Gasteiger partial charge in [-0.1, -0.05) is 0 Å². The number of nitrogen functional groups attached to an aromatic ring is 1. The molecule has 5 heterocycles. The third-order valence-electron chi connectivity index (χ3n) is 5.19. The van der Waals surface area contributed by atoms with Crippen molar-refractivity contribution in [2.45, 2.75) is 31.3 Å². The molecule has 148 valence electrons. The van der Waals surface area contributed by atoms with Crippen LogP contribution >= 0.6 is 0 Å². The lowest BCUT2D eigenvalue weighted by molar-refractivity contribution is 0.503. The van der Waals surface area contributed by atoms with E-state index in [0.29, 0.717) is 35.0 Å². The van der Waals surface area contributed by atoms with E-state index in [1.165, 1.54) is 5.56 Å². The van der Waals surface area contributed by atoms with Crippen molar-refractivity contribution in [2.24, 2.45) is 0 Å². The normalized spacial score (nSPS) is 17.6. The highest BCUT2D eigenvalue weighted by molar-refractivity contribution is 5.58. The Balaban J connectivity index is 1.50. The first-order chi connectivity index (χ1) is 14.3. The number of hydrogen-bond acceptors (Lipinski definition) is 8. The van der Waals surface area contributed by atoms with Gasteiger partial charge in [-0.2, -0.15) is 9.50 Å². The second-order valence-corrected chi connectivity index (χ2v) is 7.20. The molecule has 4 aromatic rings.